The minimum atomic E-state index is -1.19. The van der Waals surface area contributed by atoms with Crippen LogP contribution in [-0.2, 0) is 6.42 Å². The molecule has 0 heterocycles. The Bertz CT molecular complexity index is 1890. The Morgan fingerprint density at radius 2 is 1.58 bits per heavy atom. The normalized spacial score (nSPS) is 23.7. The van der Waals surface area contributed by atoms with E-state index < -0.39 is 17.1 Å². The van der Waals surface area contributed by atoms with Crippen LogP contribution in [0.25, 0.3) is 11.1 Å². The van der Waals surface area contributed by atoms with E-state index >= 15 is 0 Å². The molecule has 6 heteroatoms. The lowest BCUT2D eigenvalue weighted by atomic mass is 9.64. The van der Waals surface area contributed by atoms with Crippen molar-refractivity contribution in [3.05, 3.63) is 143 Å². The molecule has 3 N–H and O–H groups in total. The number of hydrogen-bond acceptors (Lipinski definition) is 4. The molecule has 0 spiro atoms. The molecule has 6 nitrogen and oxygen atoms in total. The Labute approximate surface area is 316 Å². The van der Waals surface area contributed by atoms with Gasteiger partial charge in [-0.3, -0.25) is 4.79 Å². The highest BCUT2D eigenvalue weighted by Crippen LogP contribution is 2.59. The Kier molecular flexibility index (Phi) is 12.0. The summed E-state index contributed by atoms with van der Waals surface area (Å²) in [5.41, 5.74) is 5.67. The third kappa shape index (κ3) is 8.50. The summed E-state index contributed by atoms with van der Waals surface area (Å²) in [6.07, 6.45) is 7.04. The van der Waals surface area contributed by atoms with Crippen molar-refractivity contribution in [1.82, 2.24) is 10.2 Å². The van der Waals surface area contributed by atoms with Gasteiger partial charge >= 0.3 is 6.03 Å². The number of aliphatic hydroxyl groups excluding tert-OH is 1. The summed E-state index contributed by atoms with van der Waals surface area (Å²) in [6.45, 7) is 9.07. The maximum Gasteiger partial charge on any atom is 0.317 e. The van der Waals surface area contributed by atoms with Crippen LogP contribution in [0.4, 0.5) is 4.79 Å². The highest BCUT2D eigenvalue weighted by atomic mass is 16.3. The van der Waals surface area contributed by atoms with Gasteiger partial charge in [0.1, 0.15) is 0 Å². The maximum atomic E-state index is 14.6. The van der Waals surface area contributed by atoms with Crippen LogP contribution in [0, 0.1) is 5.41 Å². The van der Waals surface area contributed by atoms with Crippen molar-refractivity contribution in [3.8, 4) is 11.1 Å². The van der Waals surface area contributed by atoms with Gasteiger partial charge in [0.2, 0.25) is 0 Å². The predicted molar refractivity (Wildman–Crippen MR) is 214 cm³/mol. The number of fused-ring (bicyclic) bond motifs is 8. The van der Waals surface area contributed by atoms with Crippen LogP contribution >= 0.6 is 0 Å². The molecule has 3 aliphatic carbocycles. The molecular weight excluding hydrogens is 657 g/mol. The molecular formula is C47H56N2O4. The fraction of sp³-hybridized carbons (Fsp3) is 0.404. The summed E-state index contributed by atoms with van der Waals surface area (Å²) in [7, 11) is 0. The van der Waals surface area contributed by atoms with Gasteiger partial charge in [-0.1, -0.05) is 123 Å². The van der Waals surface area contributed by atoms with E-state index in [9.17, 15) is 19.8 Å². The van der Waals surface area contributed by atoms with E-state index in [1.54, 1.807) is 4.90 Å². The number of aliphatic hydroxyl groups is 2. The number of ketones is 1. The second kappa shape index (κ2) is 16.7. The van der Waals surface area contributed by atoms with Crippen LogP contribution in [0.2, 0.25) is 0 Å². The predicted octanol–water partition coefficient (Wildman–Crippen LogP) is 9.81. The van der Waals surface area contributed by atoms with Gasteiger partial charge in [0.15, 0.2) is 5.78 Å². The standard InChI is InChI=1S/C47H56N2O4/c1-5-29-49(45(52)48-34(3)36-14-8-6-9-15-36)32-47(53)28-26-43-41-25-19-35(30-40(50)24-18-33(2)13-12-27-46(43,47)4)31-42(41)44(51)39-22-20-38(21-23-39)37-16-10-7-11-17-37/h6-11,13-17,19-23,25,31,34,40,43,50,53H,5,12,18,24,26-30,32H2,1-4H3,(H,48,52)/t34-,40+,43+,46+,47-/m1/s1. The first-order valence-electron chi connectivity index (χ1n) is 19.5. The van der Waals surface area contributed by atoms with Crippen molar-refractivity contribution in [2.45, 2.75) is 103 Å². The Morgan fingerprint density at radius 3 is 2.28 bits per heavy atom. The number of carbonyl (C=O) groups is 2. The van der Waals surface area contributed by atoms with E-state index in [0.717, 1.165) is 47.1 Å². The molecule has 4 aromatic carbocycles. The molecule has 5 atom stereocenters. The molecule has 1 saturated carbocycles. The lowest BCUT2D eigenvalue weighted by Gasteiger charge is -2.46. The number of nitrogens with zero attached hydrogens (tertiary/aromatic N) is 1. The van der Waals surface area contributed by atoms with Gasteiger partial charge in [-0.25, -0.2) is 4.79 Å². The molecule has 278 valence electrons. The number of nitrogens with one attached hydrogen (secondary N) is 1. The molecule has 3 aliphatic rings. The van der Waals surface area contributed by atoms with Gasteiger partial charge < -0.3 is 20.4 Å². The number of amides is 2. The van der Waals surface area contributed by atoms with E-state index in [1.807, 2.05) is 85.8 Å². The summed E-state index contributed by atoms with van der Waals surface area (Å²) in [6, 6.07) is 33.6. The second-order valence-electron chi connectivity index (χ2n) is 15.7. The molecule has 1 fully saturated rings. The largest absolute Gasteiger partial charge is 0.393 e. The third-order valence-electron chi connectivity index (χ3n) is 12.0. The average Bonchev–Trinajstić information content (AvgIpc) is 3.42. The first-order valence-corrected chi connectivity index (χ1v) is 19.5. The first kappa shape index (κ1) is 38.2. The number of carbonyl (C=O) groups excluding carboxylic acids is 2. The fourth-order valence-corrected chi connectivity index (χ4v) is 8.74. The van der Waals surface area contributed by atoms with Crippen molar-refractivity contribution >= 4 is 11.8 Å². The van der Waals surface area contributed by atoms with E-state index in [2.05, 4.69) is 56.4 Å². The van der Waals surface area contributed by atoms with E-state index in [4.69, 9.17) is 0 Å². The topological polar surface area (TPSA) is 89.9 Å². The van der Waals surface area contributed by atoms with Crippen LogP contribution in [0.1, 0.15) is 117 Å². The lowest BCUT2D eigenvalue weighted by Crippen LogP contribution is -2.55. The molecule has 0 saturated heterocycles. The third-order valence-corrected chi connectivity index (χ3v) is 12.0. The van der Waals surface area contributed by atoms with Gasteiger partial charge in [0.05, 0.1) is 24.3 Å². The molecule has 2 amide bonds. The lowest BCUT2D eigenvalue weighted by molar-refractivity contribution is -0.0770. The summed E-state index contributed by atoms with van der Waals surface area (Å²) in [5.74, 6) is -0.182. The molecule has 0 unspecified atom stereocenters. The van der Waals surface area contributed by atoms with Gasteiger partial charge in [0.25, 0.3) is 0 Å². The monoisotopic (exact) mass is 712 g/mol. The first-order chi connectivity index (χ1) is 25.5. The van der Waals surface area contributed by atoms with Gasteiger partial charge in [-0.05, 0) is 105 Å². The molecule has 2 bridgehead atoms. The van der Waals surface area contributed by atoms with Crippen LogP contribution in [-0.4, -0.2) is 51.7 Å². The average molecular weight is 713 g/mol. The van der Waals surface area contributed by atoms with E-state index in [-0.39, 0.29) is 30.3 Å². The zero-order chi connectivity index (χ0) is 37.6. The second-order valence-corrected chi connectivity index (χ2v) is 15.7. The number of benzene rings is 4. The van der Waals surface area contributed by atoms with Crippen molar-refractivity contribution < 1.29 is 19.8 Å². The smallest absolute Gasteiger partial charge is 0.317 e. The minimum absolute atomic E-state index is 0.0570. The number of rotatable bonds is 9. The summed E-state index contributed by atoms with van der Waals surface area (Å²) in [5, 5.41) is 27.1. The molecule has 0 radical (unpaired) electrons. The van der Waals surface area contributed by atoms with Crippen LogP contribution in [0.5, 0.6) is 0 Å². The highest BCUT2D eigenvalue weighted by molar-refractivity contribution is 6.10. The van der Waals surface area contributed by atoms with Crippen molar-refractivity contribution in [2.75, 3.05) is 13.1 Å². The number of allylic oxidation sites excluding steroid dienone is 2. The molecule has 0 aromatic heterocycles. The van der Waals surface area contributed by atoms with Crippen LogP contribution in [0.3, 0.4) is 0 Å². The van der Waals surface area contributed by atoms with Crippen molar-refractivity contribution in [2.24, 2.45) is 5.41 Å². The van der Waals surface area contributed by atoms with Gasteiger partial charge in [0, 0.05) is 23.1 Å². The Morgan fingerprint density at radius 1 is 0.906 bits per heavy atom. The number of hydrogen-bond donors (Lipinski definition) is 3. The fourth-order valence-electron chi connectivity index (χ4n) is 8.74. The zero-order valence-corrected chi connectivity index (χ0v) is 31.9. The zero-order valence-electron chi connectivity index (χ0n) is 31.9. The van der Waals surface area contributed by atoms with E-state index in [1.165, 1.54) is 5.57 Å². The summed E-state index contributed by atoms with van der Waals surface area (Å²) >= 11 is 0. The van der Waals surface area contributed by atoms with Crippen molar-refractivity contribution in [1.29, 1.82) is 0 Å². The van der Waals surface area contributed by atoms with E-state index in [0.29, 0.717) is 49.8 Å². The highest BCUT2D eigenvalue weighted by Gasteiger charge is 2.57. The SMILES string of the molecule is CCCN(C[C@]1(O)CC[C@H]2c3ccc(cc3C(=O)c3ccc(-c4ccccc4)cc3)C[C@@H](O)CCC(C)=CCC[C@@]21C)C(=O)N[C@H](C)c1ccccc1. The van der Waals surface area contributed by atoms with Gasteiger partial charge in [-0.2, -0.15) is 0 Å². The summed E-state index contributed by atoms with van der Waals surface area (Å²) in [4.78, 5) is 30.3. The Hall–Kier alpha value is -4.52. The van der Waals surface area contributed by atoms with Crippen LogP contribution < -0.4 is 5.32 Å². The molecule has 53 heavy (non-hydrogen) atoms. The quantitative estimate of drug-likeness (QED) is 0.119. The number of urea groups is 1. The maximum absolute atomic E-state index is 14.6. The van der Waals surface area contributed by atoms with Crippen LogP contribution in [0.15, 0.2) is 115 Å². The molecule has 4 aromatic rings. The molecule has 7 rings (SSSR count). The van der Waals surface area contributed by atoms with Crippen molar-refractivity contribution in [3.63, 3.8) is 0 Å². The summed E-state index contributed by atoms with van der Waals surface area (Å²) < 4.78 is 0. The van der Waals surface area contributed by atoms with Gasteiger partial charge in [-0.15, -0.1) is 0 Å². The molecule has 0 aliphatic heterocycles. The minimum Gasteiger partial charge on any atom is -0.393 e. The Balaban J connectivity index is 1.36.